The van der Waals surface area contributed by atoms with E-state index in [1.165, 1.54) is 13.2 Å². The van der Waals surface area contributed by atoms with Crippen molar-refractivity contribution in [3.8, 4) is 5.88 Å². The van der Waals surface area contributed by atoms with Crippen LogP contribution in [-0.2, 0) is 0 Å². The SMILES string of the molecule is COc1nnc(NC(C)(C)C)cc1C(=O)O. The number of anilines is 1. The first-order chi connectivity index (χ1) is 7.33. The van der Waals surface area contributed by atoms with Gasteiger partial charge >= 0.3 is 5.97 Å². The van der Waals surface area contributed by atoms with Gasteiger partial charge in [-0.05, 0) is 20.8 Å². The highest BCUT2D eigenvalue weighted by atomic mass is 16.5. The molecule has 1 aromatic rings. The number of nitrogens with zero attached hydrogens (tertiary/aromatic N) is 2. The number of aromatic nitrogens is 2. The Kier molecular flexibility index (Phi) is 3.31. The van der Waals surface area contributed by atoms with Crippen LogP contribution in [0.5, 0.6) is 5.88 Å². The minimum Gasteiger partial charge on any atom is -0.479 e. The van der Waals surface area contributed by atoms with Crippen LogP contribution in [-0.4, -0.2) is 33.9 Å². The first-order valence-corrected chi connectivity index (χ1v) is 4.76. The molecule has 0 spiro atoms. The van der Waals surface area contributed by atoms with Crippen molar-refractivity contribution in [1.82, 2.24) is 10.2 Å². The number of carboxylic acid groups (broad SMARTS) is 1. The number of hydrogen-bond donors (Lipinski definition) is 2. The molecule has 0 fully saturated rings. The molecule has 0 amide bonds. The Bertz CT molecular complexity index is 399. The molecule has 16 heavy (non-hydrogen) atoms. The third-order valence-corrected chi connectivity index (χ3v) is 1.69. The number of carbonyl (C=O) groups is 1. The molecule has 1 heterocycles. The van der Waals surface area contributed by atoms with Crippen molar-refractivity contribution >= 4 is 11.8 Å². The molecule has 1 rings (SSSR count). The summed E-state index contributed by atoms with van der Waals surface area (Å²) in [5.74, 6) is -0.679. The summed E-state index contributed by atoms with van der Waals surface area (Å²) in [6.45, 7) is 5.83. The zero-order valence-corrected chi connectivity index (χ0v) is 9.74. The molecular formula is C10H15N3O3. The molecular weight excluding hydrogens is 210 g/mol. The Morgan fingerprint density at radius 2 is 2.06 bits per heavy atom. The van der Waals surface area contributed by atoms with E-state index in [4.69, 9.17) is 9.84 Å². The van der Waals surface area contributed by atoms with Gasteiger partial charge in [0.05, 0.1) is 7.11 Å². The van der Waals surface area contributed by atoms with E-state index in [0.29, 0.717) is 5.82 Å². The van der Waals surface area contributed by atoms with Gasteiger partial charge in [-0.1, -0.05) is 0 Å². The molecule has 0 saturated carbocycles. The minimum absolute atomic E-state index is 0.00644. The first-order valence-electron chi connectivity index (χ1n) is 4.76. The predicted octanol–water partition coefficient (Wildman–Crippen LogP) is 1.39. The van der Waals surface area contributed by atoms with Crippen LogP contribution in [0.4, 0.5) is 5.82 Å². The summed E-state index contributed by atoms with van der Waals surface area (Å²) in [5, 5.41) is 19.5. The van der Waals surface area contributed by atoms with E-state index >= 15 is 0 Å². The number of carboxylic acids is 1. The summed E-state index contributed by atoms with van der Waals surface area (Å²) in [6, 6.07) is 1.40. The molecule has 0 aliphatic rings. The minimum atomic E-state index is -1.09. The molecule has 0 saturated heterocycles. The Labute approximate surface area is 93.6 Å². The summed E-state index contributed by atoms with van der Waals surface area (Å²) in [6.07, 6.45) is 0. The van der Waals surface area contributed by atoms with Gasteiger partial charge in [-0.25, -0.2) is 4.79 Å². The fourth-order valence-electron chi connectivity index (χ4n) is 1.13. The van der Waals surface area contributed by atoms with E-state index in [0.717, 1.165) is 0 Å². The lowest BCUT2D eigenvalue weighted by Gasteiger charge is -2.21. The normalized spacial score (nSPS) is 11.0. The number of hydrogen-bond acceptors (Lipinski definition) is 5. The molecule has 0 bridgehead atoms. The van der Waals surface area contributed by atoms with Crippen LogP contribution in [0.15, 0.2) is 6.07 Å². The second-order valence-corrected chi connectivity index (χ2v) is 4.33. The lowest BCUT2D eigenvalue weighted by Crippen LogP contribution is -2.27. The van der Waals surface area contributed by atoms with Crippen molar-refractivity contribution in [3.05, 3.63) is 11.6 Å². The number of ether oxygens (including phenoxy) is 1. The molecule has 0 unspecified atom stereocenters. The number of aromatic carboxylic acids is 1. The second-order valence-electron chi connectivity index (χ2n) is 4.33. The predicted molar refractivity (Wildman–Crippen MR) is 58.9 cm³/mol. The summed E-state index contributed by atoms with van der Waals surface area (Å²) in [7, 11) is 1.35. The van der Waals surface area contributed by atoms with Gasteiger partial charge in [-0.15, -0.1) is 10.2 Å². The molecule has 2 N–H and O–H groups in total. The molecule has 6 heteroatoms. The third kappa shape index (κ3) is 3.08. The van der Waals surface area contributed by atoms with Crippen molar-refractivity contribution in [1.29, 1.82) is 0 Å². The van der Waals surface area contributed by atoms with Crippen molar-refractivity contribution in [2.45, 2.75) is 26.3 Å². The molecule has 88 valence electrons. The van der Waals surface area contributed by atoms with E-state index in [2.05, 4.69) is 15.5 Å². The lowest BCUT2D eigenvalue weighted by molar-refractivity contribution is 0.0692. The summed E-state index contributed by atoms with van der Waals surface area (Å²) < 4.78 is 4.81. The van der Waals surface area contributed by atoms with E-state index in [1.807, 2.05) is 20.8 Å². The van der Waals surface area contributed by atoms with Crippen LogP contribution in [0.1, 0.15) is 31.1 Å². The van der Waals surface area contributed by atoms with E-state index in [1.54, 1.807) is 0 Å². The Balaban J connectivity index is 3.07. The smallest absolute Gasteiger partial charge is 0.341 e. The Morgan fingerprint density at radius 3 is 2.50 bits per heavy atom. The van der Waals surface area contributed by atoms with Gasteiger partial charge in [0.2, 0.25) is 5.88 Å². The number of nitrogens with one attached hydrogen (secondary N) is 1. The highest BCUT2D eigenvalue weighted by molar-refractivity contribution is 5.90. The quantitative estimate of drug-likeness (QED) is 0.808. The average molecular weight is 225 g/mol. The van der Waals surface area contributed by atoms with Crippen molar-refractivity contribution in [2.24, 2.45) is 0 Å². The van der Waals surface area contributed by atoms with Crippen LogP contribution in [0.3, 0.4) is 0 Å². The monoisotopic (exact) mass is 225 g/mol. The maximum absolute atomic E-state index is 10.9. The zero-order valence-electron chi connectivity index (χ0n) is 9.74. The summed E-state index contributed by atoms with van der Waals surface area (Å²) in [5.41, 5.74) is -0.219. The summed E-state index contributed by atoms with van der Waals surface area (Å²) in [4.78, 5) is 10.9. The van der Waals surface area contributed by atoms with Crippen LogP contribution in [0.25, 0.3) is 0 Å². The van der Waals surface area contributed by atoms with Crippen LogP contribution in [0, 0.1) is 0 Å². The molecule has 0 aromatic carbocycles. The number of methoxy groups -OCH3 is 1. The topological polar surface area (TPSA) is 84.3 Å². The van der Waals surface area contributed by atoms with Gasteiger partial charge in [0.25, 0.3) is 0 Å². The van der Waals surface area contributed by atoms with Crippen molar-refractivity contribution in [3.63, 3.8) is 0 Å². The highest BCUT2D eigenvalue weighted by Gasteiger charge is 2.17. The summed E-state index contributed by atoms with van der Waals surface area (Å²) >= 11 is 0. The average Bonchev–Trinajstić information content (AvgIpc) is 2.15. The highest BCUT2D eigenvalue weighted by Crippen LogP contribution is 2.19. The molecule has 0 aliphatic carbocycles. The molecule has 0 atom stereocenters. The van der Waals surface area contributed by atoms with E-state index in [9.17, 15) is 4.79 Å². The van der Waals surface area contributed by atoms with E-state index in [-0.39, 0.29) is 17.0 Å². The fraction of sp³-hybridized carbons (Fsp3) is 0.500. The van der Waals surface area contributed by atoms with Gasteiger partial charge in [0.1, 0.15) is 11.4 Å². The van der Waals surface area contributed by atoms with Crippen molar-refractivity contribution < 1.29 is 14.6 Å². The van der Waals surface area contributed by atoms with Gasteiger partial charge in [-0.2, -0.15) is 0 Å². The Morgan fingerprint density at radius 1 is 1.44 bits per heavy atom. The maximum atomic E-state index is 10.9. The molecule has 1 aromatic heterocycles. The molecule has 6 nitrogen and oxygen atoms in total. The third-order valence-electron chi connectivity index (χ3n) is 1.69. The molecule has 0 radical (unpaired) electrons. The fourth-order valence-corrected chi connectivity index (χ4v) is 1.13. The zero-order chi connectivity index (χ0) is 12.3. The number of rotatable bonds is 3. The van der Waals surface area contributed by atoms with Gasteiger partial charge in [0.15, 0.2) is 0 Å². The standard InChI is InChI=1S/C10H15N3O3/c1-10(2,3)11-7-5-6(9(14)15)8(16-4)13-12-7/h5H,1-4H3,(H,11,12)(H,14,15). The van der Waals surface area contributed by atoms with Crippen molar-refractivity contribution in [2.75, 3.05) is 12.4 Å². The van der Waals surface area contributed by atoms with Crippen LogP contribution >= 0.6 is 0 Å². The van der Waals surface area contributed by atoms with E-state index < -0.39 is 5.97 Å². The van der Waals surface area contributed by atoms with Gasteiger partial charge in [-0.3, -0.25) is 0 Å². The van der Waals surface area contributed by atoms with Gasteiger partial charge in [0, 0.05) is 11.6 Å². The first kappa shape index (κ1) is 12.2. The lowest BCUT2D eigenvalue weighted by atomic mass is 10.1. The largest absolute Gasteiger partial charge is 0.479 e. The Hall–Kier alpha value is -1.85. The van der Waals surface area contributed by atoms with Crippen LogP contribution < -0.4 is 10.1 Å². The maximum Gasteiger partial charge on any atom is 0.341 e. The van der Waals surface area contributed by atoms with Crippen LogP contribution in [0.2, 0.25) is 0 Å². The molecule has 0 aliphatic heterocycles. The second kappa shape index (κ2) is 4.34. The van der Waals surface area contributed by atoms with Gasteiger partial charge < -0.3 is 15.2 Å².